The monoisotopic (exact) mass is 228 g/mol. The fourth-order valence-corrected chi connectivity index (χ4v) is 1.93. The van der Waals surface area contributed by atoms with Crippen molar-refractivity contribution in [3.63, 3.8) is 0 Å². The molecule has 0 aromatic heterocycles. The first-order valence-electron chi connectivity index (χ1n) is 6.22. The lowest BCUT2D eigenvalue weighted by Crippen LogP contribution is -2.47. The predicted octanol–water partition coefficient (Wildman–Crippen LogP) is 1.06. The van der Waals surface area contributed by atoms with Gasteiger partial charge in [0.1, 0.15) is 6.61 Å². The standard InChI is InChI=1S/C12H24N2O2/c1-9(2)16-8-12(15)13-7-11-6-4-5-10(3)14-11/h9-11,14H,4-8H2,1-3H3,(H,13,15). The van der Waals surface area contributed by atoms with Gasteiger partial charge in [-0.3, -0.25) is 4.79 Å². The maximum Gasteiger partial charge on any atom is 0.246 e. The van der Waals surface area contributed by atoms with Gasteiger partial charge >= 0.3 is 0 Å². The van der Waals surface area contributed by atoms with Crippen LogP contribution in [0.15, 0.2) is 0 Å². The molecule has 2 unspecified atom stereocenters. The highest BCUT2D eigenvalue weighted by Crippen LogP contribution is 2.11. The molecule has 0 radical (unpaired) electrons. The number of amides is 1. The summed E-state index contributed by atoms with van der Waals surface area (Å²) >= 11 is 0. The highest BCUT2D eigenvalue weighted by molar-refractivity contribution is 5.77. The van der Waals surface area contributed by atoms with E-state index in [0.29, 0.717) is 18.6 Å². The smallest absolute Gasteiger partial charge is 0.246 e. The minimum absolute atomic E-state index is 0.0197. The maximum atomic E-state index is 11.4. The molecule has 1 fully saturated rings. The molecule has 94 valence electrons. The first-order valence-corrected chi connectivity index (χ1v) is 6.22. The quantitative estimate of drug-likeness (QED) is 0.739. The molecule has 1 heterocycles. The molecule has 0 aromatic carbocycles. The number of piperidine rings is 1. The second kappa shape index (κ2) is 6.86. The fourth-order valence-electron chi connectivity index (χ4n) is 1.93. The van der Waals surface area contributed by atoms with Gasteiger partial charge in [-0.2, -0.15) is 0 Å². The van der Waals surface area contributed by atoms with E-state index in [2.05, 4.69) is 17.6 Å². The first kappa shape index (κ1) is 13.5. The second-order valence-electron chi connectivity index (χ2n) is 4.86. The van der Waals surface area contributed by atoms with E-state index in [9.17, 15) is 4.79 Å². The Morgan fingerprint density at radius 2 is 2.25 bits per heavy atom. The lowest BCUT2D eigenvalue weighted by Gasteiger charge is -2.28. The Bertz CT molecular complexity index is 219. The summed E-state index contributed by atoms with van der Waals surface area (Å²) in [6.07, 6.45) is 3.74. The Morgan fingerprint density at radius 1 is 1.50 bits per heavy atom. The van der Waals surface area contributed by atoms with Crippen LogP contribution in [0.1, 0.15) is 40.0 Å². The lowest BCUT2D eigenvalue weighted by molar-refractivity contribution is -0.127. The van der Waals surface area contributed by atoms with Crippen molar-refractivity contribution in [2.24, 2.45) is 0 Å². The molecule has 4 heteroatoms. The molecule has 16 heavy (non-hydrogen) atoms. The van der Waals surface area contributed by atoms with Crippen molar-refractivity contribution in [1.29, 1.82) is 0 Å². The van der Waals surface area contributed by atoms with E-state index in [4.69, 9.17) is 4.74 Å². The molecule has 2 atom stereocenters. The zero-order chi connectivity index (χ0) is 12.0. The fraction of sp³-hybridized carbons (Fsp3) is 0.917. The van der Waals surface area contributed by atoms with Crippen LogP contribution < -0.4 is 10.6 Å². The average molecular weight is 228 g/mol. The highest BCUT2D eigenvalue weighted by Gasteiger charge is 2.17. The van der Waals surface area contributed by atoms with Crippen LogP contribution in [0.4, 0.5) is 0 Å². The number of carbonyl (C=O) groups is 1. The summed E-state index contributed by atoms with van der Waals surface area (Å²) in [4.78, 5) is 11.4. The van der Waals surface area contributed by atoms with Crippen molar-refractivity contribution >= 4 is 5.91 Å². The molecular weight excluding hydrogens is 204 g/mol. The van der Waals surface area contributed by atoms with Gasteiger partial charge in [-0.25, -0.2) is 0 Å². The lowest BCUT2D eigenvalue weighted by atomic mass is 10.00. The van der Waals surface area contributed by atoms with Gasteiger partial charge in [0, 0.05) is 18.6 Å². The van der Waals surface area contributed by atoms with Crippen LogP contribution >= 0.6 is 0 Å². The topological polar surface area (TPSA) is 50.4 Å². The Labute approximate surface area is 98.1 Å². The highest BCUT2D eigenvalue weighted by atomic mass is 16.5. The summed E-state index contributed by atoms with van der Waals surface area (Å²) in [5, 5.41) is 6.38. The van der Waals surface area contributed by atoms with Gasteiger partial charge < -0.3 is 15.4 Å². The van der Waals surface area contributed by atoms with Crippen molar-refractivity contribution in [3.05, 3.63) is 0 Å². The normalized spacial score (nSPS) is 25.8. The summed E-state index contributed by atoms with van der Waals surface area (Å²) in [5.74, 6) is -0.0197. The molecule has 2 N–H and O–H groups in total. The van der Waals surface area contributed by atoms with E-state index in [1.165, 1.54) is 12.8 Å². The Kier molecular flexibility index (Phi) is 5.77. The SMILES string of the molecule is CC1CCCC(CNC(=O)COC(C)C)N1. The third-order valence-corrected chi connectivity index (χ3v) is 2.80. The van der Waals surface area contributed by atoms with Crippen molar-refractivity contribution in [2.75, 3.05) is 13.2 Å². The number of carbonyl (C=O) groups excluding carboxylic acids is 1. The minimum Gasteiger partial charge on any atom is -0.369 e. The van der Waals surface area contributed by atoms with Gasteiger partial charge in [-0.05, 0) is 33.6 Å². The Morgan fingerprint density at radius 3 is 2.88 bits per heavy atom. The largest absolute Gasteiger partial charge is 0.369 e. The van der Waals surface area contributed by atoms with Crippen LogP contribution in [0.3, 0.4) is 0 Å². The van der Waals surface area contributed by atoms with Crippen LogP contribution in [-0.2, 0) is 9.53 Å². The summed E-state index contributed by atoms with van der Waals surface area (Å²) in [7, 11) is 0. The predicted molar refractivity (Wildman–Crippen MR) is 64.3 cm³/mol. The van der Waals surface area contributed by atoms with Crippen LogP contribution in [0.25, 0.3) is 0 Å². The minimum atomic E-state index is -0.0197. The van der Waals surface area contributed by atoms with Gasteiger partial charge in [0.2, 0.25) is 5.91 Å². The van der Waals surface area contributed by atoms with Crippen molar-refractivity contribution in [3.8, 4) is 0 Å². The zero-order valence-electron chi connectivity index (χ0n) is 10.6. The van der Waals surface area contributed by atoms with Crippen molar-refractivity contribution < 1.29 is 9.53 Å². The van der Waals surface area contributed by atoms with Crippen LogP contribution in [0.5, 0.6) is 0 Å². The van der Waals surface area contributed by atoms with E-state index in [1.807, 2.05) is 13.8 Å². The molecule has 1 saturated heterocycles. The summed E-state index contributed by atoms with van der Waals surface area (Å²) in [6, 6.07) is 0.995. The average Bonchev–Trinajstić information content (AvgIpc) is 2.23. The molecule has 0 spiro atoms. The van der Waals surface area contributed by atoms with Crippen LogP contribution in [-0.4, -0.2) is 37.2 Å². The number of hydrogen-bond donors (Lipinski definition) is 2. The molecule has 4 nitrogen and oxygen atoms in total. The number of ether oxygens (including phenoxy) is 1. The molecule has 0 bridgehead atoms. The Balaban J connectivity index is 2.11. The molecular formula is C12H24N2O2. The molecule has 1 amide bonds. The summed E-state index contributed by atoms with van der Waals surface area (Å²) in [5.41, 5.74) is 0. The van der Waals surface area contributed by atoms with E-state index in [-0.39, 0.29) is 18.6 Å². The van der Waals surface area contributed by atoms with E-state index in [1.54, 1.807) is 0 Å². The molecule has 0 aliphatic carbocycles. The van der Waals surface area contributed by atoms with Gasteiger partial charge in [0.05, 0.1) is 6.10 Å². The van der Waals surface area contributed by atoms with Crippen molar-refractivity contribution in [1.82, 2.24) is 10.6 Å². The number of hydrogen-bond acceptors (Lipinski definition) is 3. The van der Waals surface area contributed by atoms with Gasteiger partial charge in [0.15, 0.2) is 0 Å². The molecule has 0 aromatic rings. The molecule has 1 rings (SSSR count). The van der Waals surface area contributed by atoms with Crippen molar-refractivity contribution in [2.45, 2.75) is 58.2 Å². The molecule has 0 saturated carbocycles. The van der Waals surface area contributed by atoms with Gasteiger partial charge in [-0.1, -0.05) is 6.42 Å². The molecule has 1 aliphatic heterocycles. The van der Waals surface area contributed by atoms with E-state index < -0.39 is 0 Å². The first-order chi connectivity index (χ1) is 7.58. The number of rotatable bonds is 5. The Hall–Kier alpha value is -0.610. The third-order valence-electron chi connectivity index (χ3n) is 2.80. The van der Waals surface area contributed by atoms with Crippen LogP contribution in [0, 0.1) is 0 Å². The third kappa shape index (κ3) is 5.47. The second-order valence-corrected chi connectivity index (χ2v) is 4.86. The summed E-state index contributed by atoms with van der Waals surface area (Å²) in [6.45, 7) is 6.93. The number of nitrogens with one attached hydrogen (secondary N) is 2. The van der Waals surface area contributed by atoms with Gasteiger partial charge in [0.25, 0.3) is 0 Å². The maximum absolute atomic E-state index is 11.4. The van der Waals surface area contributed by atoms with E-state index in [0.717, 1.165) is 6.42 Å². The zero-order valence-corrected chi connectivity index (χ0v) is 10.6. The van der Waals surface area contributed by atoms with Gasteiger partial charge in [-0.15, -0.1) is 0 Å². The molecule has 1 aliphatic rings. The van der Waals surface area contributed by atoms with Crippen LogP contribution in [0.2, 0.25) is 0 Å². The summed E-state index contributed by atoms with van der Waals surface area (Å²) < 4.78 is 5.23. The van der Waals surface area contributed by atoms with E-state index >= 15 is 0 Å².